The molecule has 3 nitrogen and oxygen atoms in total. The van der Waals surface area contributed by atoms with Crippen LogP contribution in [-0.4, -0.2) is 28.0 Å². The lowest BCUT2D eigenvalue weighted by Gasteiger charge is -2.19. The summed E-state index contributed by atoms with van der Waals surface area (Å²) in [6.07, 6.45) is 0. The van der Waals surface area contributed by atoms with E-state index in [1.54, 1.807) is 24.3 Å². The van der Waals surface area contributed by atoms with E-state index in [1.165, 1.54) is 16.7 Å². The number of imide groups is 1. The third kappa shape index (κ3) is 3.16. The van der Waals surface area contributed by atoms with Gasteiger partial charge in [0.25, 0.3) is 11.8 Å². The van der Waals surface area contributed by atoms with Crippen molar-refractivity contribution in [3.63, 3.8) is 0 Å². The topological polar surface area (TPSA) is 37.4 Å². The second-order valence-electron chi connectivity index (χ2n) is 5.45. The van der Waals surface area contributed by atoms with Crippen molar-refractivity contribution >= 4 is 40.8 Å². The normalized spacial score (nSPS) is 15.9. The highest BCUT2D eigenvalue weighted by Gasteiger charge is 2.40. The summed E-state index contributed by atoms with van der Waals surface area (Å²) >= 11 is 7.34. The van der Waals surface area contributed by atoms with Crippen molar-refractivity contribution < 1.29 is 9.59 Å². The van der Waals surface area contributed by atoms with Crippen molar-refractivity contribution in [1.82, 2.24) is 4.90 Å². The van der Waals surface area contributed by atoms with Crippen LogP contribution in [-0.2, 0) is 9.59 Å². The number of thioether (sulfide) groups is 1. The van der Waals surface area contributed by atoms with Crippen molar-refractivity contribution in [3.05, 3.63) is 39.8 Å². The molecule has 1 aromatic carbocycles. The van der Waals surface area contributed by atoms with Crippen LogP contribution in [0, 0.1) is 0 Å². The lowest BCUT2D eigenvalue weighted by molar-refractivity contribution is -0.138. The minimum atomic E-state index is -0.222. The number of rotatable bonds is 4. The zero-order valence-electron chi connectivity index (χ0n) is 12.5. The van der Waals surface area contributed by atoms with Gasteiger partial charge in [0.2, 0.25) is 0 Å². The summed E-state index contributed by atoms with van der Waals surface area (Å²) < 4.78 is 0. The number of halogens is 1. The van der Waals surface area contributed by atoms with E-state index in [4.69, 9.17) is 11.6 Å². The van der Waals surface area contributed by atoms with Crippen LogP contribution in [0.25, 0.3) is 5.57 Å². The molecule has 21 heavy (non-hydrogen) atoms. The second-order valence-corrected chi connectivity index (χ2v) is 7.47. The third-order valence-electron chi connectivity index (χ3n) is 3.08. The first kappa shape index (κ1) is 16.1. The SMILES string of the molecule is CC(C)SC1=C(c2ccc(Cl)cc2)C(=O)N(C(C)C)C1=O. The molecule has 0 radical (unpaired) electrons. The molecule has 0 saturated heterocycles. The van der Waals surface area contributed by atoms with Crippen molar-refractivity contribution in [2.24, 2.45) is 0 Å². The summed E-state index contributed by atoms with van der Waals surface area (Å²) in [6, 6.07) is 6.88. The maximum Gasteiger partial charge on any atom is 0.268 e. The van der Waals surface area contributed by atoms with Crippen molar-refractivity contribution in [3.8, 4) is 0 Å². The molecule has 5 heteroatoms. The van der Waals surface area contributed by atoms with Crippen molar-refractivity contribution in [1.29, 1.82) is 0 Å². The van der Waals surface area contributed by atoms with Gasteiger partial charge < -0.3 is 0 Å². The Balaban J connectivity index is 2.54. The molecule has 0 atom stereocenters. The van der Waals surface area contributed by atoms with E-state index in [0.29, 0.717) is 15.5 Å². The molecule has 0 spiro atoms. The van der Waals surface area contributed by atoms with Gasteiger partial charge in [0.05, 0.1) is 10.5 Å². The number of nitrogens with zero attached hydrogens (tertiary/aromatic N) is 1. The number of benzene rings is 1. The van der Waals surface area contributed by atoms with E-state index in [9.17, 15) is 9.59 Å². The van der Waals surface area contributed by atoms with Crippen molar-refractivity contribution in [2.75, 3.05) is 0 Å². The first-order chi connectivity index (χ1) is 9.82. The van der Waals surface area contributed by atoms with Gasteiger partial charge in [-0.1, -0.05) is 37.6 Å². The molecule has 2 rings (SSSR count). The van der Waals surface area contributed by atoms with Crippen LogP contribution in [0.5, 0.6) is 0 Å². The first-order valence-corrected chi connectivity index (χ1v) is 8.13. The van der Waals surface area contributed by atoms with Crippen molar-refractivity contribution in [2.45, 2.75) is 39.0 Å². The van der Waals surface area contributed by atoms with Crippen LogP contribution in [0.4, 0.5) is 0 Å². The Bertz CT molecular complexity index is 605. The van der Waals surface area contributed by atoms with Gasteiger partial charge in [-0.3, -0.25) is 14.5 Å². The molecule has 112 valence electrons. The molecule has 0 N–H and O–H groups in total. The van der Waals surface area contributed by atoms with E-state index >= 15 is 0 Å². The average Bonchev–Trinajstić information content (AvgIpc) is 2.62. The molecule has 0 saturated carbocycles. The molecule has 0 bridgehead atoms. The summed E-state index contributed by atoms with van der Waals surface area (Å²) in [4.78, 5) is 27.0. The van der Waals surface area contributed by atoms with Crippen LogP contribution in [0.3, 0.4) is 0 Å². The van der Waals surface area contributed by atoms with Crippen LogP contribution in [0.15, 0.2) is 29.2 Å². The van der Waals surface area contributed by atoms with E-state index in [-0.39, 0.29) is 23.1 Å². The third-order valence-corrected chi connectivity index (χ3v) is 4.41. The van der Waals surface area contributed by atoms with Gasteiger partial charge in [-0.05, 0) is 31.5 Å². The number of carbonyl (C=O) groups excluding carboxylic acids is 2. The molecule has 0 fully saturated rings. The molecule has 2 amide bonds. The Morgan fingerprint density at radius 3 is 2.05 bits per heavy atom. The summed E-state index contributed by atoms with van der Waals surface area (Å²) in [5, 5.41) is 0.834. The highest BCUT2D eigenvalue weighted by atomic mass is 35.5. The molecule has 1 aromatic rings. The summed E-state index contributed by atoms with van der Waals surface area (Å²) in [6.45, 7) is 7.70. The standard InChI is InChI=1S/C16H18ClNO2S/c1-9(2)18-15(19)13(11-5-7-12(17)8-6-11)14(16(18)20)21-10(3)4/h5-10H,1-4H3. The molecule has 0 aromatic heterocycles. The Morgan fingerprint density at radius 2 is 1.57 bits per heavy atom. The van der Waals surface area contributed by atoms with E-state index in [2.05, 4.69) is 0 Å². The molecule has 0 unspecified atom stereocenters. The van der Waals surface area contributed by atoms with E-state index < -0.39 is 0 Å². The number of carbonyl (C=O) groups is 2. The molecular weight excluding hydrogens is 306 g/mol. The fourth-order valence-corrected chi connectivity index (χ4v) is 3.33. The Kier molecular flexibility index (Phi) is 4.79. The van der Waals surface area contributed by atoms with Gasteiger partial charge in [-0.2, -0.15) is 0 Å². The van der Waals surface area contributed by atoms with Gasteiger partial charge in [0.1, 0.15) is 0 Å². The molecule has 1 aliphatic heterocycles. The fraction of sp³-hybridized carbons (Fsp3) is 0.375. The van der Waals surface area contributed by atoms with Gasteiger partial charge in [0.15, 0.2) is 0 Å². The second kappa shape index (κ2) is 6.24. The van der Waals surface area contributed by atoms with Crippen LogP contribution >= 0.6 is 23.4 Å². The highest BCUT2D eigenvalue weighted by Crippen LogP contribution is 2.38. The predicted molar refractivity (Wildman–Crippen MR) is 88.1 cm³/mol. The predicted octanol–water partition coefficient (Wildman–Crippen LogP) is 3.97. The van der Waals surface area contributed by atoms with Gasteiger partial charge in [-0.15, -0.1) is 11.8 Å². The first-order valence-electron chi connectivity index (χ1n) is 6.87. The van der Waals surface area contributed by atoms with Gasteiger partial charge in [0, 0.05) is 16.3 Å². The Labute approximate surface area is 134 Å². The van der Waals surface area contributed by atoms with Gasteiger partial charge in [-0.25, -0.2) is 0 Å². The minimum absolute atomic E-state index is 0.155. The number of hydrogen-bond donors (Lipinski definition) is 0. The molecular formula is C16H18ClNO2S. The summed E-state index contributed by atoms with van der Waals surface area (Å²) in [5.74, 6) is -0.417. The van der Waals surface area contributed by atoms with E-state index in [1.807, 2.05) is 27.7 Å². The molecule has 1 heterocycles. The quantitative estimate of drug-likeness (QED) is 0.787. The zero-order valence-corrected chi connectivity index (χ0v) is 14.1. The number of amides is 2. The van der Waals surface area contributed by atoms with Crippen LogP contribution in [0.2, 0.25) is 5.02 Å². The Morgan fingerprint density at radius 1 is 1.00 bits per heavy atom. The average molecular weight is 324 g/mol. The summed E-state index contributed by atoms with van der Waals surface area (Å²) in [5.41, 5.74) is 1.23. The zero-order chi connectivity index (χ0) is 15.7. The monoisotopic (exact) mass is 323 g/mol. The Hall–Kier alpha value is -1.26. The molecule has 0 aliphatic carbocycles. The smallest absolute Gasteiger partial charge is 0.268 e. The maximum atomic E-state index is 12.6. The van der Waals surface area contributed by atoms with Crippen LogP contribution in [0.1, 0.15) is 33.3 Å². The lowest BCUT2D eigenvalue weighted by atomic mass is 10.1. The summed E-state index contributed by atoms with van der Waals surface area (Å²) in [7, 11) is 0. The van der Waals surface area contributed by atoms with E-state index in [0.717, 1.165) is 5.56 Å². The fourth-order valence-electron chi connectivity index (χ4n) is 2.21. The largest absolute Gasteiger partial charge is 0.271 e. The molecule has 1 aliphatic rings. The lowest BCUT2D eigenvalue weighted by Crippen LogP contribution is -2.37. The highest BCUT2D eigenvalue weighted by molar-refractivity contribution is 8.04. The van der Waals surface area contributed by atoms with Crippen LogP contribution < -0.4 is 0 Å². The maximum absolute atomic E-state index is 12.6. The van der Waals surface area contributed by atoms with Gasteiger partial charge >= 0.3 is 0 Å². The number of hydrogen-bond acceptors (Lipinski definition) is 3. The minimum Gasteiger partial charge on any atom is -0.271 e.